The SMILES string of the molecule is CN1CCN(c2ccc(Cl)cc2)C(CCN)C1. The molecule has 1 unspecified atom stereocenters. The third-order valence-electron chi connectivity index (χ3n) is 3.34. The maximum atomic E-state index is 5.92. The number of hydrogen-bond donors (Lipinski definition) is 1. The van der Waals surface area contributed by atoms with Gasteiger partial charge in [0.25, 0.3) is 0 Å². The molecule has 17 heavy (non-hydrogen) atoms. The van der Waals surface area contributed by atoms with Crippen LogP contribution in [-0.2, 0) is 0 Å². The Morgan fingerprint density at radius 2 is 2.00 bits per heavy atom. The van der Waals surface area contributed by atoms with Crippen LogP contribution in [0.2, 0.25) is 5.02 Å². The van der Waals surface area contributed by atoms with E-state index in [1.54, 1.807) is 0 Å². The van der Waals surface area contributed by atoms with Crippen molar-refractivity contribution in [2.24, 2.45) is 5.73 Å². The standard InChI is InChI=1S/C13H20ClN3/c1-16-8-9-17(13(10-16)6-7-15)12-4-2-11(14)3-5-12/h2-5,13H,6-10,15H2,1H3. The van der Waals surface area contributed by atoms with Gasteiger partial charge in [0.15, 0.2) is 0 Å². The van der Waals surface area contributed by atoms with Crippen LogP contribution < -0.4 is 10.6 Å². The lowest BCUT2D eigenvalue weighted by Gasteiger charge is -2.41. The first-order valence-corrected chi connectivity index (χ1v) is 6.49. The monoisotopic (exact) mass is 253 g/mol. The molecule has 1 aliphatic heterocycles. The van der Waals surface area contributed by atoms with E-state index < -0.39 is 0 Å². The second-order valence-corrected chi connectivity index (χ2v) is 5.10. The van der Waals surface area contributed by atoms with Crippen molar-refractivity contribution in [2.75, 3.05) is 38.1 Å². The zero-order chi connectivity index (χ0) is 12.3. The molecule has 1 fully saturated rings. The fourth-order valence-electron chi connectivity index (χ4n) is 2.42. The second-order valence-electron chi connectivity index (χ2n) is 4.66. The molecular weight excluding hydrogens is 234 g/mol. The summed E-state index contributed by atoms with van der Waals surface area (Å²) in [5, 5.41) is 0.790. The molecule has 1 atom stereocenters. The minimum absolute atomic E-state index is 0.514. The van der Waals surface area contributed by atoms with Crippen molar-refractivity contribution in [3.8, 4) is 0 Å². The zero-order valence-electron chi connectivity index (χ0n) is 10.3. The highest BCUT2D eigenvalue weighted by Gasteiger charge is 2.24. The van der Waals surface area contributed by atoms with Crippen LogP contribution >= 0.6 is 11.6 Å². The Morgan fingerprint density at radius 1 is 1.29 bits per heavy atom. The molecule has 4 heteroatoms. The first kappa shape index (κ1) is 12.7. The van der Waals surface area contributed by atoms with Crippen molar-refractivity contribution in [2.45, 2.75) is 12.5 Å². The van der Waals surface area contributed by atoms with E-state index in [-0.39, 0.29) is 0 Å². The average Bonchev–Trinajstić information content (AvgIpc) is 2.31. The lowest BCUT2D eigenvalue weighted by atomic mass is 10.1. The molecular formula is C13H20ClN3. The van der Waals surface area contributed by atoms with Crippen molar-refractivity contribution in [3.05, 3.63) is 29.3 Å². The van der Waals surface area contributed by atoms with Gasteiger partial charge in [0.1, 0.15) is 0 Å². The maximum Gasteiger partial charge on any atom is 0.0429 e. The van der Waals surface area contributed by atoms with Gasteiger partial charge in [0.05, 0.1) is 0 Å². The highest BCUT2D eigenvalue weighted by Crippen LogP contribution is 2.23. The average molecular weight is 254 g/mol. The molecule has 1 aromatic carbocycles. The molecule has 0 bridgehead atoms. The number of halogens is 1. The van der Waals surface area contributed by atoms with E-state index in [0.717, 1.165) is 37.6 Å². The minimum Gasteiger partial charge on any atom is -0.366 e. The van der Waals surface area contributed by atoms with Crippen molar-refractivity contribution in [1.29, 1.82) is 0 Å². The Morgan fingerprint density at radius 3 is 2.65 bits per heavy atom. The highest BCUT2D eigenvalue weighted by atomic mass is 35.5. The van der Waals surface area contributed by atoms with Gasteiger partial charge in [-0.1, -0.05) is 11.6 Å². The number of piperazine rings is 1. The van der Waals surface area contributed by atoms with Crippen LogP contribution in [0, 0.1) is 0 Å². The summed E-state index contributed by atoms with van der Waals surface area (Å²) in [6, 6.07) is 8.61. The van der Waals surface area contributed by atoms with E-state index in [9.17, 15) is 0 Å². The molecule has 0 radical (unpaired) electrons. The van der Waals surface area contributed by atoms with Crippen LogP contribution in [0.5, 0.6) is 0 Å². The summed E-state index contributed by atoms with van der Waals surface area (Å²) in [4.78, 5) is 4.82. The second kappa shape index (κ2) is 5.71. The third kappa shape index (κ3) is 3.12. The number of hydrogen-bond acceptors (Lipinski definition) is 3. The van der Waals surface area contributed by atoms with Gasteiger partial charge in [-0.15, -0.1) is 0 Å². The van der Waals surface area contributed by atoms with Gasteiger partial charge in [-0.25, -0.2) is 0 Å². The van der Waals surface area contributed by atoms with E-state index in [1.165, 1.54) is 5.69 Å². The van der Waals surface area contributed by atoms with Gasteiger partial charge in [-0.2, -0.15) is 0 Å². The molecule has 2 rings (SSSR count). The van der Waals surface area contributed by atoms with Crippen LogP contribution in [-0.4, -0.2) is 44.2 Å². The summed E-state index contributed by atoms with van der Waals surface area (Å²) in [7, 11) is 2.17. The summed E-state index contributed by atoms with van der Waals surface area (Å²) in [6.45, 7) is 3.98. The molecule has 3 nitrogen and oxygen atoms in total. The quantitative estimate of drug-likeness (QED) is 0.892. The highest BCUT2D eigenvalue weighted by molar-refractivity contribution is 6.30. The van der Waals surface area contributed by atoms with Crippen LogP contribution in [0.4, 0.5) is 5.69 Å². The van der Waals surface area contributed by atoms with Crippen molar-refractivity contribution < 1.29 is 0 Å². The Balaban J connectivity index is 2.14. The predicted molar refractivity (Wildman–Crippen MR) is 73.8 cm³/mol. The van der Waals surface area contributed by atoms with Gasteiger partial charge in [-0.05, 0) is 44.3 Å². The number of rotatable bonds is 3. The molecule has 0 aromatic heterocycles. The number of anilines is 1. The van der Waals surface area contributed by atoms with Crippen molar-refractivity contribution in [1.82, 2.24) is 4.90 Å². The molecule has 0 spiro atoms. The van der Waals surface area contributed by atoms with Gasteiger partial charge >= 0.3 is 0 Å². The Labute approximate surface area is 108 Å². The normalized spacial score (nSPS) is 21.8. The first-order chi connectivity index (χ1) is 8.20. The summed E-state index contributed by atoms with van der Waals surface area (Å²) < 4.78 is 0. The Bertz CT molecular complexity index is 352. The van der Waals surface area contributed by atoms with Crippen molar-refractivity contribution >= 4 is 17.3 Å². The van der Waals surface area contributed by atoms with Crippen molar-refractivity contribution in [3.63, 3.8) is 0 Å². The summed E-state index contributed by atoms with van der Waals surface area (Å²) in [5.41, 5.74) is 6.95. The molecule has 0 amide bonds. The molecule has 0 saturated carbocycles. The van der Waals surface area contributed by atoms with Gasteiger partial charge in [-0.3, -0.25) is 0 Å². The number of likely N-dealkylation sites (N-methyl/N-ethyl adjacent to an activating group) is 1. The fourth-order valence-corrected chi connectivity index (χ4v) is 2.55. The number of nitrogens with two attached hydrogens (primary N) is 1. The van der Waals surface area contributed by atoms with Gasteiger partial charge in [0, 0.05) is 36.4 Å². The summed E-state index contributed by atoms with van der Waals surface area (Å²) in [6.07, 6.45) is 1.03. The fraction of sp³-hybridized carbons (Fsp3) is 0.538. The molecule has 1 aromatic rings. The van der Waals surface area contributed by atoms with Crippen LogP contribution in [0.15, 0.2) is 24.3 Å². The lowest BCUT2D eigenvalue weighted by molar-refractivity contribution is 0.262. The maximum absolute atomic E-state index is 5.92. The minimum atomic E-state index is 0.514. The molecule has 1 saturated heterocycles. The number of nitrogens with zero attached hydrogens (tertiary/aromatic N) is 2. The summed E-state index contributed by atoms with van der Waals surface area (Å²) in [5.74, 6) is 0. The Hall–Kier alpha value is -0.770. The Kier molecular flexibility index (Phi) is 4.26. The van der Waals surface area contributed by atoms with E-state index in [4.69, 9.17) is 17.3 Å². The van der Waals surface area contributed by atoms with Crippen LogP contribution in [0.3, 0.4) is 0 Å². The van der Waals surface area contributed by atoms with Gasteiger partial charge in [0.2, 0.25) is 0 Å². The topological polar surface area (TPSA) is 32.5 Å². The van der Waals surface area contributed by atoms with Crippen LogP contribution in [0.1, 0.15) is 6.42 Å². The van der Waals surface area contributed by atoms with Gasteiger partial charge < -0.3 is 15.5 Å². The zero-order valence-corrected chi connectivity index (χ0v) is 11.0. The van der Waals surface area contributed by atoms with E-state index >= 15 is 0 Å². The first-order valence-electron chi connectivity index (χ1n) is 6.11. The van der Waals surface area contributed by atoms with Crippen LogP contribution in [0.25, 0.3) is 0 Å². The van der Waals surface area contributed by atoms with E-state index in [1.807, 2.05) is 12.1 Å². The lowest BCUT2D eigenvalue weighted by Crippen LogP contribution is -2.52. The molecule has 1 heterocycles. The smallest absolute Gasteiger partial charge is 0.0429 e. The predicted octanol–water partition coefficient (Wildman–Crippen LogP) is 1.81. The molecule has 2 N–H and O–H groups in total. The van der Waals surface area contributed by atoms with E-state index in [2.05, 4.69) is 29.0 Å². The number of benzene rings is 1. The molecule has 1 aliphatic rings. The largest absolute Gasteiger partial charge is 0.366 e. The third-order valence-corrected chi connectivity index (χ3v) is 3.60. The van der Waals surface area contributed by atoms with E-state index in [0.29, 0.717) is 6.04 Å². The molecule has 94 valence electrons. The molecule has 0 aliphatic carbocycles. The summed E-state index contributed by atoms with van der Waals surface area (Å²) >= 11 is 5.92.